The molecule has 3 N–H and O–H groups in total. The average Bonchev–Trinajstić information content (AvgIpc) is 2.24. The maximum atomic E-state index is 12.1. The fourth-order valence-corrected chi connectivity index (χ4v) is 1.61. The summed E-state index contributed by atoms with van der Waals surface area (Å²) in [4.78, 5) is 0.0391. The first-order valence-corrected chi connectivity index (χ1v) is 5.59. The van der Waals surface area contributed by atoms with Gasteiger partial charge in [0.25, 0.3) is 0 Å². The molecular weight excluding hydrogens is 255 g/mol. The number of hydrogen-bond acceptors (Lipinski definition) is 4. The molecule has 0 amide bonds. The minimum Gasteiger partial charge on any atom is -0.491 e. The standard InChI is InChI=1S/C10H12F3NO2S/c11-10(12,13)17-9-3-1-2-8(4-9)16-6-7(15)5-14/h1-4,7,15H,5-6,14H2. The molecule has 0 aromatic heterocycles. The van der Waals surface area contributed by atoms with Crippen LogP contribution in [0.4, 0.5) is 13.2 Å². The Labute approximate surface area is 101 Å². The number of aliphatic hydroxyl groups excluding tert-OH is 1. The van der Waals surface area contributed by atoms with E-state index in [1.807, 2.05) is 0 Å². The van der Waals surface area contributed by atoms with Gasteiger partial charge in [-0.3, -0.25) is 0 Å². The van der Waals surface area contributed by atoms with Crippen LogP contribution in [-0.4, -0.2) is 29.9 Å². The summed E-state index contributed by atoms with van der Waals surface area (Å²) in [6, 6.07) is 5.58. The lowest BCUT2D eigenvalue weighted by Gasteiger charge is -2.11. The number of alkyl halides is 3. The molecule has 96 valence electrons. The second-order valence-corrected chi connectivity index (χ2v) is 4.36. The van der Waals surface area contributed by atoms with Gasteiger partial charge in [0, 0.05) is 11.4 Å². The van der Waals surface area contributed by atoms with Gasteiger partial charge in [0.15, 0.2) is 0 Å². The largest absolute Gasteiger partial charge is 0.491 e. The van der Waals surface area contributed by atoms with Gasteiger partial charge in [0.1, 0.15) is 18.5 Å². The second kappa shape index (κ2) is 6.13. The van der Waals surface area contributed by atoms with E-state index >= 15 is 0 Å². The third kappa shape index (κ3) is 5.81. The molecule has 7 heteroatoms. The fourth-order valence-electron chi connectivity index (χ4n) is 1.02. The Morgan fingerprint density at radius 1 is 1.41 bits per heavy atom. The molecule has 0 spiro atoms. The van der Waals surface area contributed by atoms with Gasteiger partial charge in [-0.15, -0.1) is 0 Å². The van der Waals surface area contributed by atoms with Crippen LogP contribution in [0.25, 0.3) is 0 Å². The van der Waals surface area contributed by atoms with Gasteiger partial charge in [-0.2, -0.15) is 13.2 Å². The van der Waals surface area contributed by atoms with E-state index in [9.17, 15) is 13.2 Å². The zero-order chi connectivity index (χ0) is 12.9. The Morgan fingerprint density at radius 2 is 2.12 bits per heavy atom. The van der Waals surface area contributed by atoms with Crippen molar-refractivity contribution in [2.45, 2.75) is 16.5 Å². The summed E-state index contributed by atoms with van der Waals surface area (Å²) in [6.45, 7) is -0.00632. The summed E-state index contributed by atoms with van der Waals surface area (Å²) in [7, 11) is 0. The number of rotatable bonds is 5. The molecule has 1 atom stereocenters. The highest BCUT2D eigenvalue weighted by molar-refractivity contribution is 8.00. The quantitative estimate of drug-likeness (QED) is 0.801. The smallest absolute Gasteiger partial charge is 0.446 e. The third-order valence-corrected chi connectivity index (χ3v) is 2.47. The first-order chi connectivity index (χ1) is 7.90. The molecule has 0 aliphatic heterocycles. The highest BCUT2D eigenvalue weighted by Crippen LogP contribution is 2.37. The van der Waals surface area contributed by atoms with E-state index in [0.717, 1.165) is 0 Å². The Bertz CT molecular complexity index is 360. The maximum Gasteiger partial charge on any atom is 0.446 e. The van der Waals surface area contributed by atoms with Crippen molar-refractivity contribution >= 4 is 11.8 Å². The molecule has 1 unspecified atom stereocenters. The molecule has 1 aromatic carbocycles. The van der Waals surface area contributed by atoms with E-state index < -0.39 is 11.6 Å². The Kier molecular flexibility index (Phi) is 5.10. The summed E-state index contributed by atoms with van der Waals surface area (Å²) < 4.78 is 41.4. The van der Waals surface area contributed by atoms with E-state index in [1.165, 1.54) is 24.3 Å². The maximum absolute atomic E-state index is 12.1. The van der Waals surface area contributed by atoms with Crippen molar-refractivity contribution in [3.05, 3.63) is 24.3 Å². The lowest BCUT2D eigenvalue weighted by Crippen LogP contribution is -2.26. The van der Waals surface area contributed by atoms with Crippen LogP contribution in [-0.2, 0) is 0 Å². The summed E-state index contributed by atoms with van der Waals surface area (Å²) in [6.07, 6.45) is -0.825. The van der Waals surface area contributed by atoms with E-state index in [-0.39, 0.29) is 35.6 Å². The van der Waals surface area contributed by atoms with Gasteiger partial charge in [-0.1, -0.05) is 6.07 Å². The number of halogens is 3. The molecule has 0 saturated carbocycles. The third-order valence-electron chi connectivity index (χ3n) is 1.75. The molecule has 0 fully saturated rings. The molecular formula is C10H12F3NO2S. The SMILES string of the molecule is NCC(O)COc1cccc(SC(F)(F)F)c1. The number of ether oxygens (including phenoxy) is 1. The first-order valence-electron chi connectivity index (χ1n) is 4.77. The van der Waals surface area contributed by atoms with Crippen molar-refractivity contribution in [2.24, 2.45) is 5.73 Å². The van der Waals surface area contributed by atoms with Gasteiger partial charge in [0.05, 0.1) is 0 Å². The number of benzene rings is 1. The van der Waals surface area contributed by atoms with E-state index in [1.54, 1.807) is 0 Å². The zero-order valence-corrected chi connectivity index (χ0v) is 9.59. The van der Waals surface area contributed by atoms with Crippen LogP contribution in [0.1, 0.15) is 0 Å². The van der Waals surface area contributed by atoms with Crippen LogP contribution in [0.15, 0.2) is 29.2 Å². The van der Waals surface area contributed by atoms with Gasteiger partial charge in [-0.25, -0.2) is 0 Å². The molecule has 0 aliphatic rings. The minimum absolute atomic E-state index is 0.0387. The van der Waals surface area contributed by atoms with Gasteiger partial charge < -0.3 is 15.6 Å². The zero-order valence-electron chi connectivity index (χ0n) is 8.78. The van der Waals surface area contributed by atoms with Gasteiger partial charge in [0.2, 0.25) is 0 Å². The summed E-state index contributed by atoms with van der Waals surface area (Å²) >= 11 is -0.212. The lowest BCUT2D eigenvalue weighted by molar-refractivity contribution is -0.0328. The lowest BCUT2D eigenvalue weighted by atomic mass is 10.3. The van der Waals surface area contributed by atoms with Crippen molar-refractivity contribution in [1.82, 2.24) is 0 Å². The molecule has 3 nitrogen and oxygen atoms in total. The van der Waals surface area contributed by atoms with Crippen LogP contribution >= 0.6 is 11.8 Å². The molecule has 1 rings (SSSR count). The fraction of sp³-hybridized carbons (Fsp3) is 0.400. The monoisotopic (exact) mass is 267 g/mol. The van der Waals surface area contributed by atoms with E-state index in [0.29, 0.717) is 0 Å². The predicted octanol–water partition coefficient (Wildman–Crippen LogP) is 2.00. The van der Waals surface area contributed by atoms with Crippen LogP contribution in [0.3, 0.4) is 0 Å². The average molecular weight is 267 g/mol. The summed E-state index contributed by atoms with van der Waals surface area (Å²) in [5, 5.41) is 9.14. The van der Waals surface area contributed by atoms with Crippen LogP contribution in [0, 0.1) is 0 Å². The normalized spacial score (nSPS) is 13.5. The molecule has 0 aliphatic carbocycles. The van der Waals surface area contributed by atoms with Crippen molar-refractivity contribution < 1.29 is 23.0 Å². The topological polar surface area (TPSA) is 55.5 Å². The molecule has 1 aromatic rings. The van der Waals surface area contributed by atoms with Gasteiger partial charge >= 0.3 is 5.51 Å². The van der Waals surface area contributed by atoms with E-state index in [2.05, 4.69) is 0 Å². The van der Waals surface area contributed by atoms with Gasteiger partial charge in [-0.05, 0) is 30.0 Å². The summed E-state index contributed by atoms with van der Waals surface area (Å²) in [5.74, 6) is 0.270. The first kappa shape index (κ1) is 14.1. The van der Waals surface area contributed by atoms with Crippen molar-refractivity contribution in [2.75, 3.05) is 13.2 Å². The molecule has 0 heterocycles. The van der Waals surface area contributed by atoms with Crippen LogP contribution < -0.4 is 10.5 Å². The van der Waals surface area contributed by atoms with Crippen molar-refractivity contribution in [3.8, 4) is 5.75 Å². The molecule has 17 heavy (non-hydrogen) atoms. The number of nitrogens with two attached hydrogens (primary N) is 1. The van der Waals surface area contributed by atoms with Crippen LogP contribution in [0.2, 0.25) is 0 Å². The number of thioether (sulfide) groups is 1. The highest BCUT2D eigenvalue weighted by Gasteiger charge is 2.29. The minimum atomic E-state index is -4.32. The Morgan fingerprint density at radius 3 is 2.71 bits per heavy atom. The van der Waals surface area contributed by atoms with E-state index in [4.69, 9.17) is 15.6 Å². The van der Waals surface area contributed by atoms with Crippen LogP contribution in [0.5, 0.6) is 5.75 Å². The molecule has 0 radical (unpaired) electrons. The molecule has 0 saturated heterocycles. The highest BCUT2D eigenvalue weighted by atomic mass is 32.2. The Hall–Kier alpha value is -0.920. The predicted molar refractivity (Wildman–Crippen MR) is 58.9 cm³/mol. The summed E-state index contributed by atoms with van der Waals surface area (Å²) in [5.41, 5.74) is 0.842. The second-order valence-electron chi connectivity index (χ2n) is 3.22. The Balaban J connectivity index is 2.60. The molecule has 0 bridgehead atoms. The number of hydrogen-bond donors (Lipinski definition) is 2. The number of aliphatic hydroxyl groups is 1. The van der Waals surface area contributed by atoms with Crippen molar-refractivity contribution in [3.63, 3.8) is 0 Å². The van der Waals surface area contributed by atoms with Crippen molar-refractivity contribution in [1.29, 1.82) is 0 Å².